The number of nitrogens with one attached hydrogen (secondary N) is 1. The van der Waals surface area contributed by atoms with E-state index in [4.69, 9.17) is 5.26 Å². The fourth-order valence-corrected chi connectivity index (χ4v) is 3.11. The molecule has 114 valence electrons. The minimum atomic E-state index is 0.355. The number of aryl methyl sites for hydroxylation is 1. The van der Waals surface area contributed by atoms with E-state index in [1.165, 1.54) is 5.69 Å². The summed E-state index contributed by atoms with van der Waals surface area (Å²) in [7, 11) is 4.18. The van der Waals surface area contributed by atoms with Gasteiger partial charge in [-0.1, -0.05) is 6.07 Å². The smallest absolute Gasteiger partial charge is 0.140 e. The predicted molar refractivity (Wildman–Crippen MR) is 83.0 cm³/mol. The maximum Gasteiger partial charge on any atom is 0.140 e. The molecular weight excluding hydrogens is 276 g/mol. The largest absolute Gasteiger partial charge is 0.337 e. The molecule has 6 heteroatoms. The number of hydrogen-bond donors (Lipinski definition) is 1. The van der Waals surface area contributed by atoms with E-state index in [2.05, 4.69) is 37.9 Å². The molecule has 22 heavy (non-hydrogen) atoms. The Balaban J connectivity index is 1.70. The zero-order valence-electron chi connectivity index (χ0n) is 12.9. The van der Waals surface area contributed by atoms with Crippen molar-refractivity contribution in [3.8, 4) is 6.07 Å². The molecule has 2 atom stereocenters. The lowest BCUT2D eigenvalue weighted by atomic mass is 10.00. The van der Waals surface area contributed by atoms with Gasteiger partial charge in [0.2, 0.25) is 0 Å². The Hall–Kier alpha value is -2.23. The van der Waals surface area contributed by atoms with Gasteiger partial charge in [0.15, 0.2) is 0 Å². The first kappa shape index (κ1) is 14.7. The Morgan fingerprint density at radius 3 is 2.95 bits per heavy atom. The van der Waals surface area contributed by atoms with Crippen LogP contribution in [0, 0.1) is 11.3 Å². The van der Waals surface area contributed by atoms with Crippen molar-refractivity contribution in [2.75, 3.05) is 20.1 Å². The second-order valence-electron chi connectivity index (χ2n) is 5.87. The highest BCUT2D eigenvalue weighted by Crippen LogP contribution is 2.26. The highest BCUT2D eigenvalue weighted by molar-refractivity contribution is 5.22. The van der Waals surface area contributed by atoms with Gasteiger partial charge in [-0.2, -0.15) is 5.26 Å². The quantitative estimate of drug-likeness (QED) is 0.907. The fraction of sp³-hybridized carbons (Fsp3) is 0.438. The Labute approximate surface area is 130 Å². The minimum Gasteiger partial charge on any atom is -0.337 e. The Morgan fingerprint density at radius 2 is 2.23 bits per heavy atom. The zero-order chi connectivity index (χ0) is 15.5. The number of nitrogens with zero attached hydrogens (tertiary/aromatic N) is 5. The fourth-order valence-electron chi connectivity index (χ4n) is 3.11. The van der Waals surface area contributed by atoms with Gasteiger partial charge in [-0.05, 0) is 19.2 Å². The minimum absolute atomic E-state index is 0.355. The van der Waals surface area contributed by atoms with Gasteiger partial charge in [-0.25, -0.2) is 9.97 Å². The summed E-state index contributed by atoms with van der Waals surface area (Å²) in [6.45, 7) is 2.68. The van der Waals surface area contributed by atoms with E-state index in [0.29, 0.717) is 24.2 Å². The molecule has 1 fully saturated rings. The molecule has 3 rings (SSSR count). The second kappa shape index (κ2) is 6.26. The molecular formula is C16H20N6. The van der Waals surface area contributed by atoms with Crippen LogP contribution >= 0.6 is 0 Å². The molecule has 0 aromatic carbocycles. The van der Waals surface area contributed by atoms with Crippen LogP contribution in [0.4, 0.5) is 0 Å². The van der Waals surface area contributed by atoms with Crippen LogP contribution in [-0.2, 0) is 13.6 Å². The molecule has 1 aliphatic heterocycles. The van der Waals surface area contributed by atoms with Crippen molar-refractivity contribution >= 4 is 0 Å². The normalized spacial score (nSPS) is 21.9. The summed E-state index contributed by atoms with van der Waals surface area (Å²) in [6.07, 6.45) is 3.80. The first-order chi connectivity index (χ1) is 10.7. The van der Waals surface area contributed by atoms with Gasteiger partial charge in [-0.15, -0.1) is 0 Å². The molecule has 0 amide bonds. The average molecular weight is 296 g/mol. The molecule has 1 aliphatic rings. The van der Waals surface area contributed by atoms with Crippen LogP contribution in [0.1, 0.15) is 23.0 Å². The third-order valence-electron chi connectivity index (χ3n) is 4.20. The first-order valence-electron chi connectivity index (χ1n) is 7.41. The summed E-state index contributed by atoms with van der Waals surface area (Å²) in [5.41, 5.74) is 2.61. The van der Waals surface area contributed by atoms with Crippen molar-refractivity contribution < 1.29 is 0 Å². The molecule has 1 saturated heterocycles. The second-order valence-corrected chi connectivity index (χ2v) is 5.87. The molecule has 6 nitrogen and oxygen atoms in total. The lowest BCUT2D eigenvalue weighted by Gasteiger charge is -2.20. The summed E-state index contributed by atoms with van der Waals surface area (Å²) < 4.78 is 2.09. The van der Waals surface area contributed by atoms with Gasteiger partial charge in [0.25, 0.3) is 0 Å². The molecule has 3 heterocycles. The summed E-state index contributed by atoms with van der Waals surface area (Å²) in [5.74, 6) is 0.414. The highest BCUT2D eigenvalue weighted by atomic mass is 15.2. The lowest BCUT2D eigenvalue weighted by Crippen LogP contribution is -2.35. The van der Waals surface area contributed by atoms with Crippen molar-refractivity contribution in [2.24, 2.45) is 7.05 Å². The molecule has 0 spiro atoms. The first-order valence-corrected chi connectivity index (χ1v) is 7.41. The number of nitriles is 1. The van der Waals surface area contributed by atoms with E-state index < -0.39 is 0 Å². The Bertz CT molecular complexity index is 686. The van der Waals surface area contributed by atoms with Gasteiger partial charge >= 0.3 is 0 Å². The number of likely N-dealkylation sites (N-methyl/N-ethyl adjacent to an activating group) is 1. The van der Waals surface area contributed by atoms with Crippen molar-refractivity contribution in [1.82, 2.24) is 24.8 Å². The van der Waals surface area contributed by atoms with Crippen molar-refractivity contribution in [3.63, 3.8) is 0 Å². The maximum absolute atomic E-state index is 8.92. The topological polar surface area (TPSA) is 69.8 Å². The van der Waals surface area contributed by atoms with Gasteiger partial charge in [0, 0.05) is 50.5 Å². The van der Waals surface area contributed by atoms with Crippen LogP contribution in [0.25, 0.3) is 0 Å². The Kier molecular flexibility index (Phi) is 4.18. The van der Waals surface area contributed by atoms with E-state index in [1.807, 2.05) is 31.7 Å². The summed E-state index contributed by atoms with van der Waals surface area (Å²) in [5, 5.41) is 12.5. The van der Waals surface area contributed by atoms with Crippen LogP contribution in [0.15, 0.2) is 30.7 Å². The average Bonchev–Trinajstić information content (AvgIpc) is 3.10. The molecule has 2 aromatic heterocycles. The van der Waals surface area contributed by atoms with E-state index >= 15 is 0 Å². The van der Waals surface area contributed by atoms with Crippen LogP contribution in [0.2, 0.25) is 0 Å². The summed E-state index contributed by atoms with van der Waals surface area (Å²) in [4.78, 5) is 10.9. The maximum atomic E-state index is 8.92. The molecule has 1 N–H and O–H groups in total. The van der Waals surface area contributed by atoms with E-state index in [9.17, 15) is 0 Å². The number of hydrogen-bond acceptors (Lipinski definition) is 5. The van der Waals surface area contributed by atoms with Crippen LogP contribution in [0.5, 0.6) is 0 Å². The standard InChI is InChI=1S/C16H20N6/c1-21-9-14(16-8-18-11-22(16)2)15(10-21)19-7-13-5-3-4-12(6-17)20-13/h3-5,8,11,14-15,19H,7,9-10H2,1-2H3/t14-,15-/m1/s1. The van der Waals surface area contributed by atoms with Crippen molar-refractivity contribution in [2.45, 2.75) is 18.5 Å². The number of aromatic nitrogens is 3. The van der Waals surface area contributed by atoms with E-state index in [0.717, 1.165) is 18.8 Å². The van der Waals surface area contributed by atoms with Gasteiger partial charge in [0.1, 0.15) is 11.8 Å². The van der Waals surface area contributed by atoms with E-state index in [1.54, 1.807) is 6.07 Å². The number of pyridine rings is 1. The van der Waals surface area contributed by atoms with Crippen LogP contribution < -0.4 is 5.32 Å². The molecule has 0 aliphatic carbocycles. The third kappa shape index (κ3) is 3.01. The van der Waals surface area contributed by atoms with Crippen LogP contribution in [0.3, 0.4) is 0 Å². The number of likely N-dealkylation sites (tertiary alicyclic amines) is 1. The van der Waals surface area contributed by atoms with Crippen molar-refractivity contribution in [1.29, 1.82) is 5.26 Å². The molecule has 0 radical (unpaired) electrons. The molecule has 0 unspecified atom stereocenters. The SMILES string of the molecule is CN1C[C@@H](NCc2cccc(C#N)n2)[C@H](c2cncn2C)C1. The van der Waals surface area contributed by atoms with Crippen LogP contribution in [-0.4, -0.2) is 45.6 Å². The van der Waals surface area contributed by atoms with Gasteiger partial charge in [0.05, 0.1) is 12.0 Å². The number of imidazole rings is 1. The molecule has 0 saturated carbocycles. The summed E-state index contributed by atoms with van der Waals surface area (Å²) >= 11 is 0. The Morgan fingerprint density at radius 1 is 1.36 bits per heavy atom. The monoisotopic (exact) mass is 296 g/mol. The summed E-state index contributed by atoms with van der Waals surface area (Å²) in [6, 6.07) is 7.99. The molecule has 0 bridgehead atoms. The third-order valence-corrected chi connectivity index (χ3v) is 4.20. The van der Waals surface area contributed by atoms with Gasteiger partial charge in [-0.3, -0.25) is 0 Å². The zero-order valence-corrected chi connectivity index (χ0v) is 12.9. The van der Waals surface area contributed by atoms with Crippen molar-refractivity contribution in [3.05, 3.63) is 47.8 Å². The van der Waals surface area contributed by atoms with E-state index in [-0.39, 0.29) is 0 Å². The lowest BCUT2D eigenvalue weighted by molar-refractivity contribution is 0.397. The number of rotatable bonds is 4. The molecule has 2 aromatic rings. The predicted octanol–water partition coefficient (Wildman–Crippen LogP) is 0.874. The highest BCUT2D eigenvalue weighted by Gasteiger charge is 2.33. The van der Waals surface area contributed by atoms with Gasteiger partial charge < -0.3 is 14.8 Å².